The van der Waals surface area contributed by atoms with Gasteiger partial charge in [0.25, 0.3) is 0 Å². The van der Waals surface area contributed by atoms with Gasteiger partial charge in [-0.1, -0.05) is 28.1 Å². The van der Waals surface area contributed by atoms with Gasteiger partial charge in [-0.05, 0) is 38.5 Å². The van der Waals surface area contributed by atoms with Gasteiger partial charge in [-0.25, -0.2) is 0 Å². The van der Waals surface area contributed by atoms with Crippen molar-refractivity contribution in [2.45, 2.75) is 33.4 Å². The van der Waals surface area contributed by atoms with E-state index in [9.17, 15) is 4.79 Å². The van der Waals surface area contributed by atoms with Crippen LogP contribution in [0.5, 0.6) is 0 Å². The van der Waals surface area contributed by atoms with E-state index in [-0.39, 0.29) is 18.5 Å². The number of aryl methyl sites for hydroxylation is 1. The second-order valence-corrected chi connectivity index (χ2v) is 6.00. The molecule has 1 amide bonds. The fraction of sp³-hybridized carbons (Fsp3) is 0.333. The molecule has 112 valence electrons. The molecule has 0 aliphatic carbocycles. The molecule has 5 nitrogen and oxygen atoms in total. The lowest BCUT2D eigenvalue weighted by atomic mass is 10.1. The van der Waals surface area contributed by atoms with Crippen LogP contribution in [0, 0.1) is 13.8 Å². The van der Waals surface area contributed by atoms with Crippen LogP contribution in [-0.4, -0.2) is 15.7 Å². The number of nitrogens with zero attached hydrogens (tertiary/aromatic N) is 2. The lowest BCUT2D eigenvalue weighted by molar-refractivity contribution is -0.122. The summed E-state index contributed by atoms with van der Waals surface area (Å²) in [4.78, 5) is 12.1. The van der Waals surface area contributed by atoms with Crippen molar-refractivity contribution in [3.63, 3.8) is 0 Å². The Bertz CT molecular complexity index is 648. The quantitative estimate of drug-likeness (QED) is 0.890. The molecule has 0 fully saturated rings. The Labute approximate surface area is 132 Å². The number of nitrogens with one attached hydrogen (secondary N) is 1. The highest BCUT2D eigenvalue weighted by atomic mass is 79.9. The normalized spacial score (nSPS) is 12.2. The Morgan fingerprint density at radius 1 is 1.38 bits per heavy atom. The Balaban J connectivity index is 2.01. The van der Waals surface area contributed by atoms with Gasteiger partial charge < -0.3 is 11.1 Å². The molecule has 1 unspecified atom stereocenters. The monoisotopic (exact) mass is 350 g/mol. The van der Waals surface area contributed by atoms with E-state index in [1.54, 1.807) is 4.68 Å². The van der Waals surface area contributed by atoms with Gasteiger partial charge in [-0.3, -0.25) is 9.48 Å². The minimum absolute atomic E-state index is 0.0556. The van der Waals surface area contributed by atoms with E-state index in [1.165, 1.54) is 0 Å². The highest BCUT2D eigenvalue weighted by molar-refractivity contribution is 9.10. The molecular formula is C15H19BrN4O. The Kier molecular flexibility index (Phi) is 4.67. The van der Waals surface area contributed by atoms with Gasteiger partial charge in [0.05, 0.1) is 23.1 Å². The zero-order valence-corrected chi connectivity index (χ0v) is 13.9. The summed E-state index contributed by atoms with van der Waals surface area (Å²) in [5.74, 6) is -0.0870. The number of rotatable bonds is 4. The number of amides is 1. The van der Waals surface area contributed by atoms with Crippen LogP contribution in [0.2, 0.25) is 0 Å². The van der Waals surface area contributed by atoms with E-state index in [1.807, 2.05) is 45.0 Å². The van der Waals surface area contributed by atoms with Crippen molar-refractivity contribution in [1.82, 2.24) is 15.1 Å². The van der Waals surface area contributed by atoms with Gasteiger partial charge in [0.1, 0.15) is 6.54 Å². The predicted molar refractivity (Wildman–Crippen MR) is 86.8 cm³/mol. The molecule has 1 aromatic carbocycles. The van der Waals surface area contributed by atoms with Crippen molar-refractivity contribution in [1.29, 1.82) is 0 Å². The summed E-state index contributed by atoms with van der Waals surface area (Å²) in [5, 5.41) is 7.23. The number of nitrogen functional groups attached to an aromatic ring is 1. The molecule has 0 radical (unpaired) electrons. The van der Waals surface area contributed by atoms with Gasteiger partial charge in [0, 0.05) is 4.47 Å². The van der Waals surface area contributed by atoms with Crippen LogP contribution in [0.1, 0.15) is 29.9 Å². The molecule has 6 heteroatoms. The molecule has 2 rings (SSSR count). The third kappa shape index (κ3) is 3.64. The van der Waals surface area contributed by atoms with E-state index in [4.69, 9.17) is 5.73 Å². The lowest BCUT2D eigenvalue weighted by Crippen LogP contribution is -2.30. The van der Waals surface area contributed by atoms with Crippen LogP contribution in [0.25, 0.3) is 0 Å². The van der Waals surface area contributed by atoms with E-state index in [0.717, 1.165) is 21.4 Å². The molecule has 0 aliphatic heterocycles. The minimum atomic E-state index is -0.0870. The van der Waals surface area contributed by atoms with Crippen LogP contribution in [0.15, 0.2) is 28.7 Å². The van der Waals surface area contributed by atoms with Crippen LogP contribution in [0.4, 0.5) is 5.69 Å². The molecule has 0 saturated heterocycles. The summed E-state index contributed by atoms with van der Waals surface area (Å²) in [5.41, 5.74) is 9.13. The van der Waals surface area contributed by atoms with Crippen molar-refractivity contribution in [3.8, 4) is 0 Å². The van der Waals surface area contributed by atoms with Gasteiger partial charge >= 0.3 is 0 Å². The molecular weight excluding hydrogens is 332 g/mol. The lowest BCUT2D eigenvalue weighted by Gasteiger charge is -2.15. The van der Waals surface area contributed by atoms with Gasteiger partial charge in [-0.2, -0.15) is 5.10 Å². The maximum Gasteiger partial charge on any atom is 0.242 e. The number of carbonyl (C=O) groups excluding carboxylic acids is 1. The largest absolute Gasteiger partial charge is 0.396 e. The van der Waals surface area contributed by atoms with Gasteiger partial charge in [0.2, 0.25) is 5.91 Å². The zero-order chi connectivity index (χ0) is 15.6. The molecule has 21 heavy (non-hydrogen) atoms. The fourth-order valence-electron chi connectivity index (χ4n) is 2.12. The zero-order valence-electron chi connectivity index (χ0n) is 12.4. The maximum absolute atomic E-state index is 12.1. The topological polar surface area (TPSA) is 72.9 Å². The van der Waals surface area contributed by atoms with Gasteiger partial charge in [-0.15, -0.1) is 0 Å². The average molecular weight is 351 g/mol. The molecule has 2 aromatic rings. The molecule has 1 aromatic heterocycles. The van der Waals surface area contributed by atoms with Crippen molar-refractivity contribution < 1.29 is 4.79 Å². The smallest absolute Gasteiger partial charge is 0.242 e. The summed E-state index contributed by atoms with van der Waals surface area (Å²) in [6.07, 6.45) is 0. The van der Waals surface area contributed by atoms with Crippen molar-refractivity contribution in [2.75, 3.05) is 5.73 Å². The number of carbonyl (C=O) groups is 1. The van der Waals surface area contributed by atoms with Crippen LogP contribution < -0.4 is 11.1 Å². The molecule has 1 heterocycles. The highest BCUT2D eigenvalue weighted by Gasteiger charge is 2.14. The minimum Gasteiger partial charge on any atom is -0.396 e. The third-order valence-corrected chi connectivity index (χ3v) is 4.01. The first-order valence-electron chi connectivity index (χ1n) is 6.72. The van der Waals surface area contributed by atoms with Crippen LogP contribution in [0.3, 0.4) is 0 Å². The third-order valence-electron chi connectivity index (χ3n) is 3.48. The number of halogens is 1. The number of hydrogen-bond acceptors (Lipinski definition) is 3. The van der Waals surface area contributed by atoms with Gasteiger partial charge in [0.15, 0.2) is 0 Å². The van der Waals surface area contributed by atoms with Crippen molar-refractivity contribution in [3.05, 3.63) is 45.7 Å². The SMILES string of the molecule is Cc1nn(CC(=O)NC(C)c2ccc(Br)cc2)c(C)c1N. The van der Waals surface area contributed by atoms with Crippen LogP contribution >= 0.6 is 15.9 Å². The van der Waals surface area contributed by atoms with E-state index >= 15 is 0 Å². The first-order valence-corrected chi connectivity index (χ1v) is 7.52. The van der Waals surface area contributed by atoms with E-state index in [0.29, 0.717) is 5.69 Å². The summed E-state index contributed by atoms with van der Waals surface area (Å²) < 4.78 is 2.65. The molecule has 3 N–H and O–H groups in total. The van der Waals surface area contributed by atoms with Crippen LogP contribution in [-0.2, 0) is 11.3 Å². The molecule has 0 bridgehead atoms. The highest BCUT2D eigenvalue weighted by Crippen LogP contribution is 2.17. The Hall–Kier alpha value is -1.82. The number of benzene rings is 1. The number of nitrogens with two attached hydrogens (primary N) is 1. The maximum atomic E-state index is 12.1. The number of anilines is 1. The number of aromatic nitrogens is 2. The summed E-state index contributed by atoms with van der Waals surface area (Å²) in [7, 11) is 0. The molecule has 0 spiro atoms. The Morgan fingerprint density at radius 2 is 2.00 bits per heavy atom. The number of hydrogen-bond donors (Lipinski definition) is 2. The van der Waals surface area contributed by atoms with Crippen molar-refractivity contribution in [2.24, 2.45) is 0 Å². The summed E-state index contributed by atoms with van der Waals surface area (Å²) in [6.45, 7) is 5.82. The standard InChI is InChI=1S/C15H19BrN4O/c1-9(12-4-6-13(16)7-5-12)18-14(21)8-20-11(3)15(17)10(2)19-20/h4-7,9H,8,17H2,1-3H3,(H,18,21). The summed E-state index contributed by atoms with van der Waals surface area (Å²) in [6, 6.07) is 7.83. The van der Waals surface area contributed by atoms with Crippen molar-refractivity contribution >= 4 is 27.5 Å². The second-order valence-electron chi connectivity index (χ2n) is 5.08. The Morgan fingerprint density at radius 3 is 2.52 bits per heavy atom. The summed E-state index contributed by atoms with van der Waals surface area (Å²) >= 11 is 3.40. The van der Waals surface area contributed by atoms with E-state index in [2.05, 4.69) is 26.3 Å². The first kappa shape index (κ1) is 15.6. The second kappa shape index (κ2) is 6.30. The average Bonchev–Trinajstić information content (AvgIpc) is 2.67. The molecule has 0 aliphatic rings. The molecule has 0 saturated carbocycles. The first-order chi connectivity index (χ1) is 9.88. The molecule has 1 atom stereocenters. The predicted octanol–water partition coefficient (Wildman–Crippen LogP) is 2.72. The fourth-order valence-corrected chi connectivity index (χ4v) is 2.39. The van der Waals surface area contributed by atoms with E-state index < -0.39 is 0 Å².